The van der Waals surface area contributed by atoms with Gasteiger partial charge in [0.1, 0.15) is 27.5 Å². The summed E-state index contributed by atoms with van der Waals surface area (Å²) in [5.74, 6) is 2.81. The zero-order chi connectivity index (χ0) is 23.2. The van der Waals surface area contributed by atoms with Gasteiger partial charge in [0.05, 0.1) is 5.69 Å². The molecule has 0 aliphatic heterocycles. The van der Waals surface area contributed by atoms with Crippen LogP contribution in [-0.4, -0.2) is 0 Å². The van der Waals surface area contributed by atoms with Crippen molar-refractivity contribution in [3.63, 3.8) is 0 Å². The molecule has 0 saturated heterocycles. The van der Waals surface area contributed by atoms with Gasteiger partial charge >= 0.3 is 0 Å². The smallest absolute Gasteiger partial charge is 0.147 e. The van der Waals surface area contributed by atoms with Gasteiger partial charge in [0.15, 0.2) is 0 Å². The molecule has 0 fully saturated rings. The molecule has 0 heterocycles. The minimum Gasteiger partial charge on any atom is -0.456 e. The number of rotatable bonds is 7. The van der Waals surface area contributed by atoms with E-state index in [1.165, 1.54) is 0 Å². The summed E-state index contributed by atoms with van der Waals surface area (Å²) in [6.45, 7) is 0. The van der Waals surface area contributed by atoms with Crippen molar-refractivity contribution in [2.45, 2.75) is 0 Å². The number of hydrogen-bond acceptors (Lipinski definition) is 3. The number of benzene rings is 5. The topological polar surface area (TPSA) is 21.7 Å². The Kier molecular flexibility index (Phi) is 6.59. The average Bonchev–Trinajstić information content (AvgIpc) is 2.89. The highest BCUT2D eigenvalue weighted by molar-refractivity contribution is 9.10. The second-order valence-corrected chi connectivity index (χ2v) is 8.39. The first-order chi connectivity index (χ1) is 16.8. The molecule has 0 unspecified atom stereocenters. The molecule has 0 saturated carbocycles. The maximum Gasteiger partial charge on any atom is 0.147 e. The minimum absolute atomic E-state index is 0.659. The average molecular weight is 508 g/mol. The fourth-order valence-corrected chi connectivity index (χ4v) is 4.06. The Hall–Kier alpha value is -4.02. The number of halogens is 1. The van der Waals surface area contributed by atoms with Crippen LogP contribution in [0.3, 0.4) is 0 Å². The predicted molar refractivity (Wildman–Crippen MR) is 142 cm³/mol. The highest BCUT2D eigenvalue weighted by Crippen LogP contribution is 2.45. The van der Waals surface area contributed by atoms with Gasteiger partial charge in [-0.2, -0.15) is 0 Å². The van der Waals surface area contributed by atoms with Crippen LogP contribution in [0.1, 0.15) is 0 Å². The fourth-order valence-electron chi connectivity index (χ4n) is 3.67. The number of hydrogen-bond donors (Lipinski definition) is 0. The van der Waals surface area contributed by atoms with Crippen molar-refractivity contribution >= 4 is 33.0 Å². The molecule has 0 N–H and O–H groups in total. The van der Waals surface area contributed by atoms with Crippen molar-refractivity contribution in [2.75, 3.05) is 4.90 Å². The van der Waals surface area contributed by atoms with E-state index in [4.69, 9.17) is 9.47 Å². The van der Waals surface area contributed by atoms with E-state index < -0.39 is 0 Å². The number of para-hydroxylation sites is 4. The van der Waals surface area contributed by atoms with Gasteiger partial charge in [0.2, 0.25) is 0 Å². The van der Waals surface area contributed by atoms with Crippen LogP contribution in [0.25, 0.3) is 0 Å². The first kappa shape index (κ1) is 21.8. The van der Waals surface area contributed by atoms with Gasteiger partial charge in [0.25, 0.3) is 0 Å². The molecule has 0 atom stereocenters. The quantitative estimate of drug-likeness (QED) is 0.219. The van der Waals surface area contributed by atoms with Crippen LogP contribution in [0.2, 0.25) is 0 Å². The second-order valence-electron chi connectivity index (χ2n) is 7.59. The Balaban J connectivity index is 1.66. The van der Waals surface area contributed by atoms with Gasteiger partial charge in [-0.15, -0.1) is 0 Å². The molecule has 0 radical (unpaired) electrons. The lowest BCUT2D eigenvalue weighted by Gasteiger charge is -2.27. The van der Waals surface area contributed by atoms with Crippen LogP contribution in [0, 0.1) is 0 Å². The van der Waals surface area contributed by atoms with Gasteiger partial charge in [-0.25, -0.2) is 0 Å². The zero-order valence-corrected chi connectivity index (χ0v) is 19.9. The Labute approximate surface area is 208 Å². The van der Waals surface area contributed by atoms with Crippen LogP contribution < -0.4 is 14.4 Å². The Morgan fingerprint density at radius 1 is 0.441 bits per heavy atom. The summed E-state index contributed by atoms with van der Waals surface area (Å²) in [7, 11) is 0. The van der Waals surface area contributed by atoms with Crippen molar-refractivity contribution < 1.29 is 9.47 Å². The maximum absolute atomic E-state index is 6.30. The number of anilines is 3. The summed E-state index contributed by atoms with van der Waals surface area (Å²) < 4.78 is 13.3. The predicted octanol–water partition coefficient (Wildman–Crippen LogP) is 9.50. The lowest BCUT2D eigenvalue weighted by Crippen LogP contribution is -2.10. The van der Waals surface area contributed by atoms with Gasteiger partial charge in [0, 0.05) is 23.5 Å². The summed E-state index contributed by atoms with van der Waals surface area (Å²) in [4.78, 5) is 2.18. The first-order valence-corrected chi connectivity index (χ1v) is 11.8. The molecule has 0 spiro atoms. The summed E-state index contributed by atoms with van der Waals surface area (Å²) in [6.07, 6.45) is 0. The van der Waals surface area contributed by atoms with Crippen LogP contribution in [-0.2, 0) is 0 Å². The highest BCUT2D eigenvalue weighted by Gasteiger charge is 2.19. The molecule has 0 aliphatic carbocycles. The van der Waals surface area contributed by atoms with Crippen LogP contribution in [0.5, 0.6) is 23.0 Å². The van der Waals surface area contributed by atoms with E-state index in [1.807, 2.05) is 109 Å². The Morgan fingerprint density at radius 2 is 0.794 bits per heavy atom. The van der Waals surface area contributed by atoms with E-state index in [9.17, 15) is 0 Å². The molecule has 0 amide bonds. The summed E-state index contributed by atoms with van der Waals surface area (Å²) in [5, 5.41) is 0. The van der Waals surface area contributed by atoms with Gasteiger partial charge < -0.3 is 14.4 Å². The van der Waals surface area contributed by atoms with Gasteiger partial charge in [-0.05, 0) is 64.5 Å². The largest absolute Gasteiger partial charge is 0.456 e. The summed E-state index contributed by atoms with van der Waals surface area (Å²) >= 11 is 3.72. The second kappa shape index (κ2) is 10.3. The molecule has 0 aliphatic rings. The molecule has 4 heteroatoms. The SMILES string of the molecule is Brc1c(Oc2ccccc2)cc(N(c2ccccc2)c2ccccc2)cc1Oc1ccccc1. The third kappa shape index (κ3) is 4.98. The van der Waals surface area contributed by atoms with Crippen LogP contribution >= 0.6 is 15.9 Å². The molecule has 34 heavy (non-hydrogen) atoms. The van der Waals surface area contributed by atoms with Crippen molar-refractivity contribution in [3.8, 4) is 23.0 Å². The number of nitrogens with zero attached hydrogens (tertiary/aromatic N) is 1. The highest BCUT2D eigenvalue weighted by atomic mass is 79.9. The molecule has 3 nitrogen and oxygen atoms in total. The molecule has 5 aromatic carbocycles. The molecule has 0 aromatic heterocycles. The van der Waals surface area contributed by atoms with E-state index in [1.54, 1.807) is 0 Å². The summed E-state index contributed by atoms with van der Waals surface area (Å²) in [5.41, 5.74) is 2.98. The normalized spacial score (nSPS) is 10.5. The maximum atomic E-state index is 6.30. The molecular formula is C30H22BrNO2. The van der Waals surface area contributed by atoms with Gasteiger partial charge in [-0.3, -0.25) is 0 Å². The van der Waals surface area contributed by atoms with E-state index in [-0.39, 0.29) is 0 Å². The van der Waals surface area contributed by atoms with Crippen molar-refractivity contribution in [1.29, 1.82) is 0 Å². The standard InChI is InChI=1S/C30H22BrNO2/c31-30-28(33-26-17-9-3-10-18-26)21-25(22-29(30)34-27-19-11-4-12-20-27)32(23-13-5-1-6-14-23)24-15-7-2-8-16-24/h1-22H. The van der Waals surface area contributed by atoms with E-state index in [2.05, 4.69) is 45.1 Å². The minimum atomic E-state index is 0.659. The van der Waals surface area contributed by atoms with Gasteiger partial charge in [-0.1, -0.05) is 72.8 Å². The Bertz CT molecular complexity index is 1240. The summed E-state index contributed by atoms with van der Waals surface area (Å²) in [6, 6.07) is 44.0. The molecule has 5 rings (SSSR count). The van der Waals surface area contributed by atoms with E-state index >= 15 is 0 Å². The zero-order valence-electron chi connectivity index (χ0n) is 18.3. The fraction of sp³-hybridized carbons (Fsp3) is 0. The van der Waals surface area contributed by atoms with E-state index in [0.29, 0.717) is 11.5 Å². The van der Waals surface area contributed by atoms with Crippen LogP contribution in [0.4, 0.5) is 17.1 Å². The first-order valence-electron chi connectivity index (χ1n) is 11.0. The lowest BCUT2D eigenvalue weighted by atomic mass is 10.1. The third-order valence-corrected chi connectivity index (χ3v) is 6.00. The monoisotopic (exact) mass is 507 g/mol. The van der Waals surface area contributed by atoms with Crippen molar-refractivity contribution in [1.82, 2.24) is 0 Å². The molecular weight excluding hydrogens is 486 g/mol. The van der Waals surface area contributed by atoms with Crippen molar-refractivity contribution in [3.05, 3.63) is 138 Å². The van der Waals surface area contributed by atoms with E-state index in [0.717, 1.165) is 33.0 Å². The lowest BCUT2D eigenvalue weighted by molar-refractivity contribution is 0.455. The molecule has 166 valence electrons. The van der Waals surface area contributed by atoms with Crippen LogP contribution in [0.15, 0.2) is 138 Å². The molecule has 5 aromatic rings. The Morgan fingerprint density at radius 3 is 1.18 bits per heavy atom. The number of ether oxygens (including phenoxy) is 2. The van der Waals surface area contributed by atoms with Crippen molar-refractivity contribution in [2.24, 2.45) is 0 Å². The third-order valence-electron chi connectivity index (χ3n) is 5.22. The molecule has 0 bridgehead atoms.